The van der Waals surface area contributed by atoms with E-state index in [9.17, 15) is 9.59 Å². The van der Waals surface area contributed by atoms with Crippen LogP contribution >= 0.6 is 0 Å². The Morgan fingerprint density at radius 3 is 2.31 bits per heavy atom. The number of amides is 1. The Bertz CT molecular complexity index is 770. The summed E-state index contributed by atoms with van der Waals surface area (Å²) in [5.74, 6) is -0.0184. The normalized spacial score (nSPS) is 10.2. The molecule has 2 aromatic carbocycles. The minimum atomic E-state index is -0.624. The van der Waals surface area contributed by atoms with Crippen LogP contribution in [0, 0.1) is 6.92 Å². The van der Waals surface area contributed by atoms with E-state index in [1.165, 1.54) is 19.1 Å². The Kier molecular flexibility index (Phi) is 6.60. The molecule has 0 heterocycles. The van der Waals surface area contributed by atoms with Gasteiger partial charge in [-0.15, -0.1) is 0 Å². The number of hydrogen-bond donors (Lipinski definition) is 0. The van der Waals surface area contributed by atoms with Crippen molar-refractivity contribution in [2.75, 3.05) is 27.9 Å². The second-order valence-corrected chi connectivity index (χ2v) is 5.88. The Morgan fingerprint density at radius 2 is 1.69 bits per heavy atom. The molecule has 0 saturated carbocycles. The van der Waals surface area contributed by atoms with Gasteiger partial charge >= 0.3 is 5.97 Å². The Hall–Kier alpha value is -3.02. The highest BCUT2D eigenvalue weighted by molar-refractivity contribution is 5.94. The van der Waals surface area contributed by atoms with Crippen molar-refractivity contribution in [2.45, 2.75) is 13.5 Å². The van der Waals surface area contributed by atoms with Gasteiger partial charge < -0.3 is 19.1 Å². The molecule has 0 atom stereocenters. The van der Waals surface area contributed by atoms with E-state index in [4.69, 9.17) is 14.2 Å². The molecule has 2 aromatic rings. The van der Waals surface area contributed by atoms with Gasteiger partial charge in [0.1, 0.15) is 17.1 Å². The molecule has 0 saturated heterocycles. The topological polar surface area (TPSA) is 65.1 Å². The third kappa shape index (κ3) is 4.99. The average Bonchev–Trinajstić information content (AvgIpc) is 2.66. The van der Waals surface area contributed by atoms with E-state index >= 15 is 0 Å². The van der Waals surface area contributed by atoms with E-state index in [0.29, 0.717) is 18.0 Å². The Morgan fingerprint density at radius 1 is 1.00 bits per heavy atom. The van der Waals surface area contributed by atoms with E-state index in [-0.39, 0.29) is 18.1 Å². The lowest BCUT2D eigenvalue weighted by atomic mass is 10.1. The third-order valence-electron chi connectivity index (χ3n) is 3.92. The summed E-state index contributed by atoms with van der Waals surface area (Å²) < 4.78 is 15.4. The number of aryl methyl sites for hydroxylation is 1. The first-order valence-corrected chi connectivity index (χ1v) is 8.13. The monoisotopic (exact) mass is 357 g/mol. The summed E-state index contributed by atoms with van der Waals surface area (Å²) in [7, 11) is 4.64. The van der Waals surface area contributed by atoms with Gasteiger partial charge in [-0.05, 0) is 24.6 Å². The molecule has 0 aliphatic heterocycles. The molecule has 0 bridgehead atoms. The Balaban J connectivity index is 1.93. The van der Waals surface area contributed by atoms with Crippen LogP contribution in [0.4, 0.5) is 0 Å². The van der Waals surface area contributed by atoms with Gasteiger partial charge in [-0.25, -0.2) is 4.79 Å². The van der Waals surface area contributed by atoms with E-state index in [2.05, 4.69) is 0 Å². The van der Waals surface area contributed by atoms with Crippen LogP contribution in [0.1, 0.15) is 21.5 Å². The van der Waals surface area contributed by atoms with Crippen molar-refractivity contribution in [2.24, 2.45) is 0 Å². The molecule has 0 aliphatic carbocycles. The summed E-state index contributed by atoms with van der Waals surface area (Å²) in [4.78, 5) is 26.0. The summed E-state index contributed by atoms with van der Waals surface area (Å²) in [6, 6.07) is 12.7. The first kappa shape index (κ1) is 19.3. The van der Waals surface area contributed by atoms with E-state index in [1.54, 1.807) is 25.2 Å². The van der Waals surface area contributed by atoms with Crippen LogP contribution in [-0.4, -0.2) is 44.7 Å². The molecule has 26 heavy (non-hydrogen) atoms. The fourth-order valence-corrected chi connectivity index (χ4v) is 2.34. The minimum Gasteiger partial charge on any atom is -0.497 e. The molecule has 0 fully saturated rings. The molecular formula is C20H23NO5. The molecule has 0 aromatic heterocycles. The maximum Gasteiger partial charge on any atom is 0.342 e. The first-order valence-electron chi connectivity index (χ1n) is 8.13. The van der Waals surface area contributed by atoms with Crippen molar-refractivity contribution in [3.05, 3.63) is 59.2 Å². The van der Waals surface area contributed by atoms with Gasteiger partial charge in [0.2, 0.25) is 0 Å². The summed E-state index contributed by atoms with van der Waals surface area (Å²) in [6.07, 6.45) is 0. The zero-order valence-corrected chi connectivity index (χ0v) is 15.4. The number of likely N-dealkylation sites (N-methyl/N-ethyl adjacent to an activating group) is 1. The van der Waals surface area contributed by atoms with Crippen LogP contribution < -0.4 is 9.47 Å². The lowest BCUT2D eigenvalue weighted by Gasteiger charge is -2.17. The van der Waals surface area contributed by atoms with Gasteiger partial charge in [-0.2, -0.15) is 0 Å². The van der Waals surface area contributed by atoms with Crippen LogP contribution in [-0.2, 0) is 16.1 Å². The van der Waals surface area contributed by atoms with Crippen LogP contribution in [0.3, 0.4) is 0 Å². The zero-order valence-electron chi connectivity index (χ0n) is 15.4. The number of nitrogens with zero attached hydrogens (tertiary/aromatic N) is 1. The molecular weight excluding hydrogens is 334 g/mol. The summed E-state index contributed by atoms with van der Waals surface area (Å²) >= 11 is 0. The molecule has 0 unspecified atom stereocenters. The smallest absolute Gasteiger partial charge is 0.342 e. The van der Waals surface area contributed by atoms with Gasteiger partial charge in [0.25, 0.3) is 5.91 Å². The van der Waals surface area contributed by atoms with Crippen molar-refractivity contribution in [3.8, 4) is 11.5 Å². The van der Waals surface area contributed by atoms with Crippen LogP contribution in [0.25, 0.3) is 0 Å². The second-order valence-electron chi connectivity index (χ2n) is 5.88. The first-order chi connectivity index (χ1) is 12.4. The predicted molar refractivity (Wildman–Crippen MR) is 97.5 cm³/mol. The molecule has 0 aliphatic rings. The predicted octanol–water partition coefficient (Wildman–Crippen LogP) is 2.83. The molecule has 6 heteroatoms. The largest absolute Gasteiger partial charge is 0.497 e. The molecule has 0 radical (unpaired) electrons. The third-order valence-corrected chi connectivity index (χ3v) is 3.92. The quantitative estimate of drug-likeness (QED) is 0.713. The molecule has 6 nitrogen and oxygen atoms in total. The molecule has 0 spiro atoms. The van der Waals surface area contributed by atoms with E-state index < -0.39 is 5.97 Å². The standard InChI is InChI=1S/C20H23NO5/c1-14-5-7-15(8-6-14)12-21(2)19(22)13-26-20(23)17-10-9-16(24-3)11-18(17)25-4/h5-11H,12-13H2,1-4H3. The van der Waals surface area contributed by atoms with Crippen molar-refractivity contribution in [1.29, 1.82) is 0 Å². The number of methoxy groups -OCH3 is 2. The number of hydrogen-bond acceptors (Lipinski definition) is 5. The fourth-order valence-electron chi connectivity index (χ4n) is 2.34. The lowest BCUT2D eigenvalue weighted by Crippen LogP contribution is -2.30. The second kappa shape index (κ2) is 8.89. The molecule has 2 rings (SSSR count). The van der Waals surface area contributed by atoms with Crippen molar-refractivity contribution < 1.29 is 23.8 Å². The summed E-state index contributed by atoms with van der Waals surface area (Å²) in [5.41, 5.74) is 2.40. The van der Waals surface area contributed by atoms with E-state index in [0.717, 1.165) is 11.1 Å². The van der Waals surface area contributed by atoms with Gasteiger partial charge in [0.15, 0.2) is 6.61 Å². The lowest BCUT2D eigenvalue weighted by molar-refractivity contribution is -0.133. The van der Waals surface area contributed by atoms with Gasteiger partial charge in [0, 0.05) is 19.7 Å². The van der Waals surface area contributed by atoms with Gasteiger partial charge in [-0.1, -0.05) is 29.8 Å². The minimum absolute atomic E-state index is 0.238. The highest BCUT2D eigenvalue weighted by atomic mass is 16.5. The maximum absolute atomic E-state index is 12.2. The highest BCUT2D eigenvalue weighted by Gasteiger charge is 2.17. The Labute approximate surface area is 153 Å². The van der Waals surface area contributed by atoms with Gasteiger partial charge in [0.05, 0.1) is 14.2 Å². The van der Waals surface area contributed by atoms with Crippen LogP contribution in [0.15, 0.2) is 42.5 Å². The van der Waals surface area contributed by atoms with Crippen LogP contribution in [0.2, 0.25) is 0 Å². The maximum atomic E-state index is 12.2. The van der Waals surface area contributed by atoms with Gasteiger partial charge in [-0.3, -0.25) is 4.79 Å². The molecule has 0 N–H and O–H groups in total. The number of ether oxygens (including phenoxy) is 3. The number of rotatable bonds is 7. The summed E-state index contributed by atoms with van der Waals surface area (Å²) in [6.45, 7) is 2.12. The summed E-state index contributed by atoms with van der Waals surface area (Å²) in [5, 5.41) is 0. The fraction of sp³-hybridized carbons (Fsp3) is 0.300. The van der Waals surface area contributed by atoms with Crippen molar-refractivity contribution >= 4 is 11.9 Å². The van der Waals surface area contributed by atoms with Crippen LogP contribution in [0.5, 0.6) is 11.5 Å². The number of esters is 1. The average molecular weight is 357 g/mol. The molecule has 1 amide bonds. The zero-order chi connectivity index (χ0) is 19.1. The number of carbonyl (C=O) groups excluding carboxylic acids is 2. The highest BCUT2D eigenvalue weighted by Crippen LogP contribution is 2.25. The number of carbonyl (C=O) groups is 2. The number of benzene rings is 2. The molecule has 138 valence electrons. The van der Waals surface area contributed by atoms with Crippen molar-refractivity contribution in [1.82, 2.24) is 4.90 Å². The van der Waals surface area contributed by atoms with Crippen molar-refractivity contribution in [3.63, 3.8) is 0 Å². The van der Waals surface area contributed by atoms with E-state index in [1.807, 2.05) is 31.2 Å². The SMILES string of the molecule is COc1ccc(C(=O)OCC(=O)N(C)Cc2ccc(C)cc2)c(OC)c1.